The quantitative estimate of drug-likeness (QED) is 0.493. The summed E-state index contributed by atoms with van der Waals surface area (Å²) in [6.07, 6.45) is 12.6. The van der Waals surface area contributed by atoms with Crippen LogP contribution in [-0.2, 0) is 4.79 Å². The Morgan fingerprint density at radius 2 is 1.68 bits per heavy atom. The standard InChI is InChI=1S/C16H31NOS/c1-2-3-4-5-8-14-19-15-9-6-7-12-17-13-10-11-16(17)18/h2-15H2,1H3. The predicted molar refractivity (Wildman–Crippen MR) is 85.7 cm³/mol. The molecule has 112 valence electrons. The molecular formula is C16H31NOS. The van der Waals surface area contributed by atoms with Crippen LogP contribution in [0, 0.1) is 0 Å². The molecule has 0 radical (unpaired) electrons. The van der Waals surface area contributed by atoms with Crippen molar-refractivity contribution in [3.8, 4) is 0 Å². The van der Waals surface area contributed by atoms with E-state index in [1.165, 1.54) is 62.9 Å². The van der Waals surface area contributed by atoms with Gasteiger partial charge < -0.3 is 4.90 Å². The van der Waals surface area contributed by atoms with E-state index in [-0.39, 0.29) is 0 Å². The molecule has 1 rings (SSSR count). The third-order valence-corrected chi connectivity index (χ3v) is 4.94. The molecule has 0 aromatic carbocycles. The van der Waals surface area contributed by atoms with Crippen molar-refractivity contribution in [1.82, 2.24) is 4.90 Å². The van der Waals surface area contributed by atoms with Gasteiger partial charge >= 0.3 is 0 Å². The second-order valence-electron chi connectivity index (χ2n) is 5.57. The number of amides is 1. The van der Waals surface area contributed by atoms with Crippen LogP contribution < -0.4 is 0 Å². The Kier molecular flexibility index (Phi) is 10.3. The highest BCUT2D eigenvalue weighted by Crippen LogP contribution is 2.13. The fraction of sp³-hybridized carbons (Fsp3) is 0.938. The molecule has 0 spiro atoms. The summed E-state index contributed by atoms with van der Waals surface area (Å²) in [5.74, 6) is 3.03. The van der Waals surface area contributed by atoms with Gasteiger partial charge in [-0.2, -0.15) is 11.8 Å². The highest BCUT2D eigenvalue weighted by Gasteiger charge is 2.18. The number of carbonyl (C=O) groups is 1. The molecule has 0 atom stereocenters. The zero-order chi connectivity index (χ0) is 13.8. The summed E-state index contributed by atoms with van der Waals surface area (Å²) in [6.45, 7) is 4.27. The smallest absolute Gasteiger partial charge is 0.222 e. The van der Waals surface area contributed by atoms with Crippen LogP contribution in [0.1, 0.15) is 71.1 Å². The molecule has 0 aromatic heterocycles. The zero-order valence-electron chi connectivity index (χ0n) is 12.7. The Hall–Kier alpha value is -0.180. The topological polar surface area (TPSA) is 20.3 Å². The van der Waals surface area contributed by atoms with Crippen molar-refractivity contribution in [2.24, 2.45) is 0 Å². The van der Waals surface area contributed by atoms with E-state index in [2.05, 4.69) is 18.7 Å². The summed E-state index contributed by atoms with van der Waals surface area (Å²) in [6, 6.07) is 0. The Morgan fingerprint density at radius 1 is 1.00 bits per heavy atom. The molecule has 0 N–H and O–H groups in total. The van der Waals surface area contributed by atoms with E-state index < -0.39 is 0 Å². The Morgan fingerprint density at radius 3 is 2.32 bits per heavy atom. The monoisotopic (exact) mass is 285 g/mol. The Labute approximate surface area is 123 Å². The van der Waals surface area contributed by atoms with E-state index in [1.54, 1.807) is 0 Å². The van der Waals surface area contributed by atoms with E-state index in [1.807, 2.05) is 4.90 Å². The highest BCUT2D eigenvalue weighted by molar-refractivity contribution is 7.99. The summed E-state index contributed by atoms with van der Waals surface area (Å²) in [5, 5.41) is 0. The molecule has 0 bridgehead atoms. The largest absolute Gasteiger partial charge is 0.343 e. The van der Waals surface area contributed by atoms with Crippen molar-refractivity contribution in [3.63, 3.8) is 0 Å². The first-order valence-corrected chi connectivity index (χ1v) is 9.35. The molecule has 2 nitrogen and oxygen atoms in total. The summed E-state index contributed by atoms with van der Waals surface area (Å²) < 4.78 is 0. The minimum atomic E-state index is 0.376. The third-order valence-electron chi connectivity index (χ3n) is 3.78. The molecule has 1 aliphatic rings. The van der Waals surface area contributed by atoms with E-state index in [0.717, 1.165) is 25.9 Å². The van der Waals surface area contributed by atoms with Gasteiger partial charge in [0.25, 0.3) is 0 Å². The summed E-state index contributed by atoms with van der Waals surface area (Å²) >= 11 is 2.11. The minimum Gasteiger partial charge on any atom is -0.343 e. The number of likely N-dealkylation sites (tertiary alicyclic amines) is 1. The lowest BCUT2D eigenvalue weighted by molar-refractivity contribution is -0.127. The van der Waals surface area contributed by atoms with Gasteiger partial charge in [0.15, 0.2) is 0 Å². The van der Waals surface area contributed by atoms with Crippen LogP contribution in [0.5, 0.6) is 0 Å². The fourth-order valence-electron chi connectivity index (χ4n) is 2.53. The average molecular weight is 285 g/mol. The van der Waals surface area contributed by atoms with Crippen LogP contribution in [0.2, 0.25) is 0 Å². The maximum atomic E-state index is 11.4. The van der Waals surface area contributed by atoms with Gasteiger partial charge in [0.1, 0.15) is 0 Å². The zero-order valence-corrected chi connectivity index (χ0v) is 13.5. The molecule has 1 amide bonds. The van der Waals surface area contributed by atoms with Crippen LogP contribution in [0.25, 0.3) is 0 Å². The van der Waals surface area contributed by atoms with Gasteiger partial charge in [-0.05, 0) is 37.2 Å². The summed E-state index contributed by atoms with van der Waals surface area (Å²) in [4.78, 5) is 13.5. The number of nitrogens with zero attached hydrogens (tertiary/aromatic N) is 1. The number of carbonyl (C=O) groups excluding carboxylic acids is 1. The van der Waals surface area contributed by atoms with Crippen LogP contribution in [0.15, 0.2) is 0 Å². The molecule has 1 fully saturated rings. The number of thioether (sulfide) groups is 1. The van der Waals surface area contributed by atoms with Crippen molar-refractivity contribution in [1.29, 1.82) is 0 Å². The lowest BCUT2D eigenvalue weighted by Gasteiger charge is -2.14. The SMILES string of the molecule is CCCCCCCSCCCCCN1CCCC1=O. The number of unbranched alkanes of at least 4 members (excludes halogenated alkanes) is 6. The van der Waals surface area contributed by atoms with Gasteiger partial charge in [0.05, 0.1) is 0 Å². The van der Waals surface area contributed by atoms with Crippen LogP contribution in [0.4, 0.5) is 0 Å². The number of hydrogen-bond donors (Lipinski definition) is 0. The average Bonchev–Trinajstić information content (AvgIpc) is 2.82. The molecule has 1 heterocycles. The molecule has 19 heavy (non-hydrogen) atoms. The lowest BCUT2D eigenvalue weighted by Crippen LogP contribution is -2.25. The first kappa shape index (κ1) is 16.9. The van der Waals surface area contributed by atoms with Gasteiger partial charge in [-0.3, -0.25) is 4.79 Å². The van der Waals surface area contributed by atoms with Gasteiger partial charge in [-0.15, -0.1) is 0 Å². The highest BCUT2D eigenvalue weighted by atomic mass is 32.2. The molecular weight excluding hydrogens is 254 g/mol. The van der Waals surface area contributed by atoms with E-state index in [9.17, 15) is 4.79 Å². The van der Waals surface area contributed by atoms with Crippen molar-refractivity contribution >= 4 is 17.7 Å². The van der Waals surface area contributed by atoms with Crippen molar-refractivity contribution in [3.05, 3.63) is 0 Å². The second-order valence-corrected chi connectivity index (χ2v) is 6.80. The third kappa shape index (κ3) is 8.56. The fourth-order valence-corrected chi connectivity index (χ4v) is 3.55. The van der Waals surface area contributed by atoms with Gasteiger partial charge in [0.2, 0.25) is 5.91 Å². The lowest BCUT2D eigenvalue weighted by atomic mass is 10.2. The second kappa shape index (κ2) is 11.6. The first-order valence-electron chi connectivity index (χ1n) is 8.20. The number of rotatable bonds is 12. The normalized spacial score (nSPS) is 15.4. The number of hydrogen-bond acceptors (Lipinski definition) is 2. The van der Waals surface area contributed by atoms with Gasteiger partial charge in [-0.25, -0.2) is 0 Å². The van der Waals surface area contributed by atoms with Crippen molar-refractivity contribution in [2.75, 3.05) is 24.6 Å². The van der Waals surface area contributed by atoms with E-state index in [4.69, 9.17) is 0 Å². The van der Waals surface area contributed by atoms with Gasteiger partial charge in [0, 0.05) is 19.5 Å². The predicted octanol–water partition coefficient (Wildman–Crippen LogP) is 4.48. The molecule has 3 heteroatoms. The molecule has 1 saturated heterocycles. The summed E-state index contributed by atoms with van der Waals surface area (Å²) in [7, 11) is 0. The van der Waals surface area contributed by atoms with Crippen molar-refractivity contribution in [2.45, 2.75) is 71.1 Å². The van der Waals surface area contributed by atoms with Gasteiger partial charge in [-0.1, -0.05) is 39.0 Å². The Bertz CT molecular complexity index is 233. The van der Waals surface area contributed by atoms with Crippen molar-refractivity contribution < 1.29 is 4.79 Å². The maximum Gasteiger partial charge on any atom is 0.222 e. The van der Waals surface area contributed by atoms with Crippen LogP contribution >= 0.6 is 11.8 Å². The maximum absolute atomic E-state index is 11.4. The Balaban J connectivity index is 1.75. The molecule has 0 saturated carbocycles. The van der Waals surface area contributed by atoms with Crippen LogP contribution in [0.3, 0.4) is 0 Å². The molecule has 0 unspecified atom stereocenters. The minimum absolute atomic E-state index is 0.376. The first-order chi connectivity index (χ1) is 9.34. The van der Waals surface area contributed by atoms with Crippen LogP contribution in [-0.4, -0.2) is 35.4 Å². The molecule has 1 aliphatic heterocycles. The molecule has 0 aliphatic carbocycles. The van der Waals surface area contributed by atoms with E-state index in [0.29, 0.717) is 5.91 Å². The molecule has 0 aromatic rings. The summed E-state index contributed by atoms with van der Waals surface area (Å²) in [5.41, 5.74) is 0. The van der Waals surface area contributed by atoms with E-state index >= 15 is 0 Å².